The van der Waals surface area contributed by atoms with Crippen molar-refractivity contribution >= 4 is 11.8 Å². The van der Waals surface area contributed by atoms with Crippen molar-refractivity contribution in [3.8, 4) is 5.75 Å². The number of Topliss-reactive ketones (excluding diaryl/α,β-unsaturated/α-hetero) is 1. The molecule has 0 fully saturated rings. The van der Waals surface area contributed by atoms with Crippen molar-refractivity contribution < 1.29 is 23.5 Å². The summed E-state index contributed by atoms with van der Waals surface area (Å²) >= 11 is 0. The molecular formula is C13H15FO4. The lowest BCUT2D eigenvalue weighted by Crippen LogP contribution is -2.14. The number of carbonyl (C=O) groups excluding carboxylic acids is 2. The van der Waals surface area contributed by atoms with Gasteiger partial charge in [-0.05, 0) is 19.1 Å². The Hall–Kier alpha value is -1.91. The van der Waals surface area contributed by atoms with Crippen LogP contribution in [0, 0.1) is 5.82 Å². The summed E-state index contributed by atoms with van der Waals surface area (Å²) in [6.07, 6.45) is 0.0561. The molecule has 1 aromatic rings. The zero-order valence-electron chi connectivity index (χ0n) is 10.1. The molecule has 0 saturated heterocycles. The lowest BCUT2D eigenvalue weighted by Gasteiger charge is -2.06. The van der Waals surface area contributed by atoms with Crippen LogP contribution < -0.4 is 4.74 Å². The highest BCUT2D eigenvalue weighted by atomic mass is 19.1. The first-order valence-corrected chi connectivity index (χ1v) is 5.68. The Balaban J connectivity index is 2.29. The molecule has 98 valence electrons. The standard InChI is InChI=1S/C13H15FO4/c1-2-17-13(16)8-7-10(15)9-18-12-6-4-3-5-11(12)14/h3-6H,2,7-9H2,1H3. The summed E-state index contributed by atoms with van der Waals surface area (Å²) in [6.45, 7) is 1.74. The largest absolute Gasteiger partial charge is 0.483 e. The smallest absolute Gasteiger partial charge is 0.306 e. The Morgan fingerprint density at radius 1 is 1.22 bits per heavy atom. The number of halogens is 1. The first-order valence-electron chi connectivity index (χ1n) is 5.68. The predicted octanol–water partition coefficient (Wildman–Crippen LogP) is 2.12. The summed E-state index contributed by atoms with van der Waals surface area (Å²) in [5, 5.41) is 0. The van der Waals surface area contributed by atoms with Crippen LogP contribution in [-0.2, 0) is 14.3 Å². The Kier molecular flexibility index (Phi) is 5.84. The van der Waals surface area contributed by atoms with Crippen LogP contribution >= 0.6 is 0 Å². The molecule has 0 amide bonds. The average Bonchev–Trinajstić information content (AvgIpc) is 2.36. The van der Waals surface area contributed by atoms with E-state index < -0.39 is 11.8 Å². The van der Waals surface area contributed by atoms with Gasteiger partial charge in [-0.15, -0.1) is 0 Å². The summed E-state index contributed by atoms with van der Waals surface area (Å²) in [5.74, 6) is -1.18. The zero-order chi connectivity index (χ0) is 13.4. The Morgan fingerprint density at radius 3 is 2.61 bits per heavy atom. The van der Waals surface area contributed by atoms with Gasteiger partial charge in [0.05, 0.1) is 13.0 Å². The summed E-state index contributed by atoms with van der Waals surface area (Å²) in [5.41, 5.74) is 0. The predicted molar refractivity (Wildman–Crippen MR) is 62.8 cm³/mol. The average molecular weight is 254 g/mol. The number of benzene rings is 1. The van der Waals surface area contributed by atoms with Crippen molar-refractivity contribution in [3.05, 3.63) is 30.1 Å². The maximum atomic E-state index is 13.1. The number of ketones is 1. The van der Waals surface area contributed by atoms with Crippen molar-refractivity contribution in [3.63, 3.8) is 0 Å². The number of hydrogen-bond donors (Lipinski definition) is 0. The van der Waals surface area contributed by atoms with E-state index in [1.807, 2.05) is 0 Å². The molecule has 0 aliphatic carbocycles. The molecule has 0 aliphatic rings. The molecule has 18 heavy (non-hydrogen) atoms. The third-order valence-electron chi connectivity index (χ3n) is 2.14. The van der Waals surface area contributed by atoms with Crippen LogP contribution in [0.1, 0.15) is 19.8 Å². The first kappa shape index (κ1) is 14.2. The summed E-state index contributed by atoms with van der Waals surface area (Å²) < 4.78 is 22.8. The summed E-state index contributed by atoms with van der Waals surface area (Å²) in [6, 6.07) is 5.83. The van der Waals surface area contributed by atoms with Gasteiger partial charge in [0.1, 0.15) is 6.61 Å². The van der Waals surface area contributed by atoms with Gasteiger partial charge < -0.3 is 9.47 Å². The van der Waals surface area contributed by atoms with Gasteiger partial charge in [-0.1, -0.05) is 12.1 Å². The van der Waals surface area contributed by atoms with E-state index in [0.29, 0.717) is 6.61 Å². The van der Waals surface area contributed by atoms with Crippen LogP contribution in [0.2, 0.25) is 0 Å². The molecule has 0 aliphatic heterocycles. The quantitative estimate of drug-likeness (QED) is 0.699. The highest BCUT2D eigenvalue weighted by molar-refractivity contribution is 5.84. The van der Waals surface area contributed by atoms with Crippen molar-refractivity contribution in [2.75, 3.05) is 13.2 Å². The van der Waals surface area contributed by atoms with Gasteiger partial charge in [0, 0.05) is 6.42 Å². The molecule has 0 radical (unpaired) electrons. The van der Waals surface area contributed by atoms with E-state index in [2.05, 4.69) is 4.74 Å². The van der Waals surface area contributed by atoms with E-state index in [1.165, 1.54) is 18.2 Å². The van der Waals surface area contributed by atoms with Gasteiger partial charge in [-0.3, -0.25) is 9.59 Å². The van der Waals surface area contributed by atoms with Crippen LogP contribution in [0.5, 0.6) is 5.75 Å². The minimum Gasteiger partial charge on any atom is -0.483 e. The third-order valence-corrected chi connectivity index (χ3v) is 2.14. The van der Waals surface area contributed by atoms with E-state index >= 15 is 0 Å². The third kappa shape index (κ3) is 4.95. The van der Waals surface area contributed by atoms with E-state index in [9.17, 15) is 14.0 Å². The Bertz CT molecular complexity index is 417. The molecule has 0 heterocycles. The van der Waals surface area contributed by atoms with Crippen molar-refractivity contribution in [1.82, 2.24) is 0 Å². The normalized spacial score (nSPS) is 9.89. The van der Waals surface area contributed by atoms with E-state index in [0.717, 1.165) is 0 Å². The van der Waals surface area contributed by atoms with Crippen LogP contribution in [0.15, 0.2) is 24.3 Å². The molecular weight excluding hydrogens is 239 g/mol. The van der Waals surface area contributed by atoms with Crippen LogP contribution in [0.4, 0.5) is 4.39 Å². The first-order chi connectivity index (χ1) is 8.63. The topological polar surface area (TPSA) is 52.6 Å². The number of esters is 1. The second-order valence-corrected chi connectivity index (χ2v) is 3.56. The van der Waals surface area contributed by atoms with Crippen LogP contribution in [0.25, 0.3) is 0 Å². The van der Waals surface area contributed by atoms with E-state index in [1.54, 1.807) is 13.0 Å². The monoisotopic (exact) mass is 254 g/mol. The molecule has 0 saturated carbocycles. The van der Waals surface area contributed by atoms with Crippen molar-refractivity contribution in [2.45, 2.75) is 19.8 Å². The fourth-order valence-corrected chi connectivity index (χ4v) is 1.27. The van der Waals surface area contributed by atoms with Crippen LogP contribution in [-0.4, -0.2) is 25.0 Å². The van der Waals surface area contributed by atoms with Crippen molar-refractivity contribution in [1.29, 1.82) is 0 Å². The molecule has 5 heteroatoms. The van der Waals surface area contributed by atoms with Gasteiger partial charge in [-0.25, -0.2) is 4.39 Å². The maximum absolute atomic E-state index is 13.1. The molecule has 0 unspecified atom stereocenters. The molecule has 1 rings (SSSR count). The molecule has 0 spiro atoms. The van der Waals surface area contributed by atoms with Gasteiger partial charge in [0.25, 0.3) is 0 Å². The highest BCUT2D eigenvalue weighted by Crippen LogP contribution is 2.15. The second-order valence-electron chi connectivity index (χ2n) is 3.56. The molecule has 0 atom stereocenters. The number of para-hydroxylation sites is 1. The van der Waals surface area contributed by atoms with Crippen LogP contribution in [0.3, 0.4) is 0 Å². The Morgan fingerprint density at radius 2 is 1.94 bits per heavy atom. The summed E-state index contributed by atoms with van der Waals surface area (Å²) in [7, 11) is 0. The second kappa shape index (κ2) is 7.42. The van der Waals surface area contributed by atoms with Gasteiger partial charge >= 0.3 is 5.97 Å². The minimum atomic E-state index is -0.518. The fourth-order valence-electron chi connectivity index (χ4n) is 1.27. The molecule has 1 aromatic carbocycles. The molecule has 0 N–H and O–H groups in total. The van der Waals surface area contributed by atoms with E-state index in [4.69, 9.17) is 4.74 Å². The van der Waals surface area contributed by atoms with E-state index in [-0.39, 0.29) is 31.0 Å². The number of ether oxygens (including phenoxy) is 2. The maximum Gasteiger partial charge on any atom is 0.306 e. The SMILES string of the molecule is CCOC(=O)CCC(=O)COc1ccccc1F. The zero-order valence-corrected chi connectivity index (χ0v) is 10.1. The number of carbonyl (C=O) groups is 2. The summed E-state index contributed by atoms with van der Waals surface area (Å²) in [4.78, 5) is 22.4. The van der Waals surface area contributed by atoms with Gasteiger partial charge in [0.15, 0.2) is 17.3 Å². The number of hydrogen-bond acceptors (Lipinski definition) is 4. The fraction of sp³-hybridized carbons (Fsp3) is 0.385. The Labute approximate surface area is 105 Å². The highest BCUT2D eigenvalue weighted by Gasteiger charge is 2.09. The van der Waals surface area contributed by atoms with Gasteiger partial charge in [0.2, 0.25) is 0 Å². The lowest BCUT2D eigenvalue weighted by molar-refractivity contribution is -0.144. The molecule has 0 aromatic heterocycles. The number of rotatable bonds is 7. The lowest BCUT2D eigenvalue weighted by atomic mass is 10.2. The molecule has 0 bridgehead atoms. The molecule has 4 nitrogen and oxygen atoms in total. The van der Waals surface area contributed by atoms with Crippen molar-refractivity contribution in [2.24, 2.45) is 0 Å². The van der Waals surface area contributed by atoms with Gasteiger partial charge in [-0.2, -0.15) is 0 Å². The minimum absolute atomic E-state index is 0.0211.